The van der Waals surface area contributed by atoms with E-state index in [1.54, 1.807) is 6.08 Å². The first-order valence-corrected chi connectivity index (χ1v) is 7.12. The minimum atomic E-state index is 0.0925. The van der Waals surface area contributed by atoms with E-state index in [9.17, 15) is 4.79 Å². The van der Waals surface area contributed by atoms with Gasteiger partial charge in [-0.25, -0.2) is 0 Å². The van der Waals surface area contributed by atoms with Crippen molar-refractivity contribution in [3.63, 3.8) is 0 Å². The molecule has 20 heavy (non-hydrogen) atoms. The number of hydrogen-bond acceptors (Lipinski definition) is 3. The number of ether oxygens (including phenoxy) is 2. The number of piperidine rings is 1. The zero-order valence-electron chi connectivity index (χ0n) is 11.7. The third kappa shape index (κ3) is 2.64. The van der Waals surface area contributed by atoms with Crippen molar-refractivity contribution < 1.29 is 14.3 Å². The van der Waals surface area contributed by atoms with Crippen LogP contribution in [0.3, 0.4) is 0 Å². The lowest BCUT2D eigenvalue weighted by atomic mass is 10.0. The molecule has 1 saturated heterocycles. The Morgan fingerprint density at radius 2 is 2.15 bits per heavy atom. The summed E-state index contributed by atoms with van der Waals surface area (Å²) in [6.07, 6.45) is 6.92. The van der Waals surface area contributed by atoms with Gasteiger partial charge in [-0.2, -0.15) is 0 Å². The highest BCUT2D eigenvalue weighted by Crippen LogP contribution is 2.32. The molecule has 0 bridgehead atoms. The molecule has 0 spiro atoms. The van der Waals surface area contributed by atoms with Gasteiger partial charge in [-0.3, -0.25) is 4.79 Å². The first-order chi connectivity index (χ1) is 9.74. The third-order valence-electron chi connectivity index (χ3n) is 3.90. The Morgan fingerprint density at radius 1 is 1.30 bits per heavy atom. The summed E-state index contributed by atoms with van der Waals surface area (Å²) in [5, 5.41) is 0. The van der Waals surface area contributed by atoms with Gasteiger partial charge in [-0.15, -0.1) is 0 Å². The molecule has 2 aliphatic heterocycles. The lowest BCUT2D eigenvalue weighted by molar-refractivity contribution is -0.129. The number of nitrogens with zero attached hydrogens (tertiary/aromatic N) is 1. The van der Waals surface area contributed by atoms with Crippen LogP contribution in [-0.2, 0) is 4.79 Å². The SMILES string of the molecule is C[C@@H]1CCCCN1C(=O)/C=C/c1ccc2c(c1)OCO2. The average Bonchev–Trinajstić information content (AvgIpc) is 2.92. The zero-order chi connectivity index (χ0) is 13.9. The first-order valence-electron chi connectivity index (χ1n) is 7.12. The lowest BCUT2D eigenvalue weighted by Gasteiger charge is -2.32. The van der Waals surface area contributed by atoms with Crippen molar-refractivity contribution in [1.82, 2.24) is 4.90 Å². The largest absolute Gasteiger partial charge is 0.454 e. The minimum Gasteiger partial charge on any atom is -0.454 e. The minimum absolute atomic E-state index is 0.0925. The summed E-state index contributed by atoms with van der Waals surface area (Å²) < 4.78 is 10.6. The van der Waals surface area contributed by atoms with Gasteiger partial charge in [-0.1, -0.05) is 6.07 Å². The van der Waals surface area contributed by atoms with Gasteiger partial charge >= 0.3 is 0 Å². The number of carbonyl (C=O) groups excluding carboxylic acids is 1. The zero-order valence-corrected chi connectivity index (χ0v) is 11.7. The molecule has 4 heteroatoms. The average molecular weight is 273 g/mol. The molecule has 0 radical (unpaired) electrons. The van der Waals surface area contributed by atoms with E-state index in [2.05, 4.69) is 6.92 Å². The van der Waals surface area contributed by atoms with E-state index in [0.717, 1.165) is 36.4 Å². The molecule has 106 valence electrons. The summed E-state index contributed by atoms with van der Waals surface area (Å²) in [5.74, 6) is 1.60. The molecule has 1 atom stereocenters. The second-order valence-corrected chi connectivity index (χ2v) is 5.32. The van der Waals surface area contributed by atoms with Crippen LogP contribution in [0.5, 0.6) is 11.5 Å². The number of likely N-dealkylation sites (tertiary alicyclic amines) is 1. The number of carbonyl (C=O) groups is 1. The predicted octanol–water partition coefficient (Wildman–Crippen LogP) is 2.83. The summed E-state index contributed by atoms with van der Waals surface area (Å²) in [6, 6.07) is 6.04. The van der Waals surface area contributed by atoms with Crippen LogP contribution in [0.2, 0.25) is 0 Å². The summed E-state index contributed by atoms with van der Waals surface area (Å²) in [4.78, 5) is 14.2. The molecule has 1 fully saturated rings. The van der Waals surface area contributed by atoms with Gasteiger partial charge < -0.3 is 14.4 Å². The van der Waals surface area contributed by atoms with Crippen LogP contribution in [0.15, 0.2) is 24.3 Å². The van der Waals surface area contributed by atoms with Crippen molar-refractivity contribution in [2.75, 3.05) is 13.3 Å². The molecule has 0 unspecified atom stereocenters. The van der Waals surface area contributed by atoms with Crippen LogP contribution in [0.25, 0.3) is 6.08 Å². The van der Waals surface area contributed by atoms with Crippen LogP contribution in [0.4, 0.5) is 0 Å². The smallest absolute Gasteiger partial charge is 0.246 e. The van der Waals surface area contributed by atoms with Crippen molar-refractivity contribution in [3.8, 4) is 11.5 Å². The van der Waals surface area contributed by atoms with Gasteiger partial charge in [0.2, 0.25) is 12.7 Å². The Balaban J connectivity index is 1.68. The number of rotatable bonds is 2. The van der Waals surface area contributed by atoms with E-state index in [0.29, 0.717) is 6.04 Å². The Hall–Kier alpha value is -1.97. The third-order valence-corrected chi connectivity index (χ3v) is 3.90. The summed E-state index contributed by atoms with van der Waals surface area (Å²) in [6.45, 7) is 3.25. The molecule has 0 aromatic heterocycles. The molecule has 2 aliphatic rings. The van der Waals surface area contributed by atoms with Gasteiger partial charge in [0.15, 0.2) is 11.5 Å². The molecule has 2 heterocycles. The fraction of sp³-hybridized carbons (Fsp3) is 0.438. The molecule has 4 nitrogen and oxygen atoms in total. The van der Waals surface area contributed by atoms with Gasteiger partial charge in [0.05, 0.1) is 0 Å². The lowest BCUT2D eigenvalue weighted by Crippen LogP contribution is -2.41. The van der Waals surface area contributed by atoms with E-state index >= 15 is 0 Å². The highest BCUT2D eigenvalue weighted by Gasteiger charge is 2.21. The van der Waals surface area contributed by atoms with Crippen molar-refractivity contribution in [2.45, 2.75) is 32.2 Å². The monoisotopic (exact) mass is 273 g/mol. The van der Waals surface area contributed by atoms with Crippen molar-refractivity contribution >= 4 is 12.0 Å². The molecule has 0 aliphatic carbocycles. The summed E-state index contributed by atoms with van der Waals surface area (Å²) in [7, 11) is 0. The Bertz CT molecular complexity index is 539. The molecule has 1 amide bonds. The Labute approximate surface area is 119 Å². The van der Waals surface area contributed by atoms with E-state index in [1.807, 2.05) is 29.2 Å². The van der Waals surface area contributed by atoms with Crippen LogP contribution in [0, 0.1) is 0 Å². The van der Waals surface area contributed by atoms with Crippen LogP contribution in [-0.4, -0.2) is 30.2 Å². The number of benzene rings is 1. The quantitative estimate of drug-likeness (QED) is 0.778. The molecular formula is C16H19NO3. The van der Waals surface area contributed by atoms with E-state index in [1.165, 1.54) is 6.42 Å². The number of amides is 1. The number of fused-ring (bicyclic) bond motifs is 1. The fourth-order valence-corrected chi connectivity index (χ4v) is 2.71. The van der Waals surface area contributed by atoms with Crippen LogP contribution in [0.1, 0.15) is 31.7 Å². The maximum atomic E-state index is 12.2. The van der Waals surface area contributed by atoms with E-state index in [-0.39, 0.29) is 12.7 Å². The van der Waals surface area contributed by atoms with Crippen LogP contribution < -0.4 is 9.47 Å². The maximum Gasteiger partial charge on any atom is 0.246 e. The van der Waals surface area contributed by atoms with Crippen LogP contribution >= 0.6 is 0 Å². The second kappa shape index (κ2) is 5.57. The van der Waals surface area contributed by atoms with E-state index in [4.69, 9.17) is 9.47 Å². The fourth-order valence-electron chi connectivity index (χ4n) is 2.71. The summed E-state index contributed by atoms with van der Waals surface area (Å²) >= 11 is 0. The molecule has 0 N–H and O–H groups in total. The number of hydrogen-bond donors (Lipinski definition) is 0. The van der Waals surface area contributed by atoms with E-state index < -0.39 is 0 Å². The topological polar surface area (TPSA) is 38.8 Å². The van der Waals surface area contributed by atoms with Gasteiger partial charge in [0.25, 0.3) is 0 Å². The van der Waals surface area contributed by atoms with Gasteiger partial charge in [0.1, 0.15) is 0 Å². The Kier molecular flexibility index (Phi) is 3.63. The highest BCUT2D eigenvalue weighted by molar-refractivity contribution is 5.92. The molecule has 1 aromatic rings. The summed E-state index contributed by atoms with van der Waals surface area (Å²) in [5.41, 5.74) is 0.951. The maximum absolute atomic E-state index is 12.2. The molecule has 1 aromatic carbocycles. The van der Waals surface area contributed by atoms with Gasteiger partial charge in [-0.05, 0) is 50.0 Å². The van der Waals surface area contributed by atoms with Crippen molar-refractivity contribution in [2.24, 2.45) is 0 Å². The van der Waals surface area contributed by atoms with Crippen molar-refractivity contribution in [1.29, 1.82) is 0 Å². The molecule has 0 saturated carbocycles. The van der Waals surface area contributed by atoms with Gasteiger partial charge in [0, 0.05) is 18.7 Å². The highest BCUT2D eigenvalue weighted by atomic mass is 16.7. The standard InChI is InChI=1S/C16H19NO3/c1-12-4-2-3-9-17(12)16(18)8-6-13-5-7-14-15(10-13)20-11-19-14/h5-8,10,12H,2-4,9,11H2,1H3/b8-6+/t12-/m1/s1. The Morgan fingerprint density at radius 3 is 3.00 bits per heavy atom. The molecule has 3 rings (SSSR count). The van der Waals surface area contributed by atoms with Crippen molar-refractivity contribution in [3.05, 3.63) is 29.8 Å². The first kappa shape index (κ1) is 13.0. The molecular weight excluding hydrogens is 254 g/mol. The second-order valence-electron chi connectivity index (χ2n) is 5.32. The predicted molar refractivity (Wildman–Crippen MR) is 76.6 cm³/mol. The normalized spacial score (nSPS) is 21.4.